The van der Waals surface area contributed by atoms with Crippen LogP contribution in [0.3, 0.4) is 0 Å². The number of halogens is 1. The number of hydrogen-bond donors (Lipinski definition) is 1. The smallest absolute Gasteiger partial charge is 0.253 e. The highest BCUT2D eigenvalue weighted by molar-refractivity contribution is 6.33. The monoisotopic (exact) mass is 292 g/mol. The standard InChI is InChI=1S/C16H21ClN2O/c1-19(9-13-7-10-2-3-11(13)6-10)16(20)12-4-5-15(18)14(17)8-12/h4-5,8,10-11,13H,2-3,6-7,9,18H2,1H3. The Kier molecular flexibility index (Phi) is 3.63. The summed E-state index contributed by atoms with van der Waals surface area (Å²) in [6.45, 7) is 0.863. The summed E-state index contributed by atoms with van der Waals surface area (Å²) >= 11 is 5.99. The number of carbonyl (C=O) groups excluding carboxylic acids is 1. The van der Waals surface area contributed by atoms with Gasteiger partial charge in [-0.05, 0) is 55.2 Å². The van der Waals surface area contributed by atoms with E-state index < -0.39 is 0 Å². The molecule has 0 aliphatic heterocycles. The van der Waals surface area contributed by atoms with Gasteiger partial charge in [0.1, 0.15) is 0 Å². The molecule has 2 N–H and O–H groups in total. The number of nitrogens with two attached hydrogens (primary N) is 1. The number of nitrogen functional groups attached to an aromatic ring is 1. The molecule has 0 spiro atoms. The quantitative estimate of drug-likeness (QED) is 0.868. The van der Waals surface area contributed by atoms with E-state index in [1.54, 1.807) is 18.2 Å². The van der Waals surface area contributed by atoms with E-state index in [4.69, 9.17) is 17.3 Å². The molecule has 20 heavy (non-hydrogen) atoms. The third kappa shape index (κ3) is 2.51. The van der Waals surface area contributed by atoms with Gasteiger partial charge in [-0.2, -0.15) is 0 Å². The van der Waals surface area contributed by atoms with Crippen molar-refractivity contribution in [2.75, 3.05) is 19.3 Å². The van der Waals surface area contributed by atoms with Crippen molar-refractivity contribution in [3.05, 3.63) is 28.8 Å². The molecule has 2 fully saturated rings. The van der Waals surface area contributed by atoms with Crippen LogP contribution in [0.1, 0.15) is 36.0 Å². The molecule has 2 aliphatic rings. The molecule has 0 aromatic heterocycles. The van der Waals surface area contributed by atoms with Crippen LogP contribution in [0.25, 0.3) is 0 Å². The van der Waals surface area contributed by atoms with Crippen molar-refractivity contribution in [2.24, 2.45) is 17.8 Å². The summed E-state index contributed by atoms with van der Waals surface area (Å²) in [4.78, 5) is 14.3. The third-order valence-corrected chi connectivity index (χ3v) is 5.31. The van der Waals surface area contributed by atoms with Gasteiger partial charge in [0.25, 0.3) is 5.91 Å². The fraction of sp³-hybridized carbons (Fsp3) is 0.562. The highest BCUT2D eigenvalue weighted by Crippen LogP contribution is 2.48. The van der Waals surface area contributed by atoms with Crippen LogP contribution in [0.4, 0.5) is 5.69 Å². The lowest BCUT2D eigenvalue weighted by atomic mass is 9.88. The van der Waals surface area contributed by atoms with Crippen molar-refractivity contribution >= 4 is 23.2 Å². The molecule has 0 saturated heterocycles. The molecule has 3 nitrogen and oxygen atoms in total. The van der Waals surface area contributed by atoms with E-state index in [1.807, 2.05) is 11.9 Å². The highest BCUT2D eigenvalue weighted by atomic mass is 35.5. The molecule has 3 unspecified atom stereocenters. The van der Waals surface area contributed by atoms with Crippen molar-refractivity contribution in [3.8, 4) is 0 Å². The Morgan fingerprint density at radius 1 is 1.40 bits per heavy atom. The van der Waals surface area contributed by atoms with Crippen molar-refractivity contribution in [1.82, 2.24) is 4.90 Å². The number of anilines is 1. The highest BCUT2D eigenvalue weighted by Gasteiger charge is 2.40. The van der Waals surface area contributed by atoms with Gasteiger partial charge in [0.2, 0.25) is 0 Å². The molecular weight excluding hydrogens is 272 g/mol. The van der Waals surface area contributed by atoms with Crippen molar-refractivity contribution in [2.45, 2.75) is 25.7 Å². The van der Waals surface area contributed by atoms with Gasteiger partial charge in [0.15, 0.2) is 0 Å². The summed E-state index contributed by atoms with van der Waals surface area (Å²) in [5.74, 6) is 2.48. The molecule has 0 heterocycles. The van der Waals surface area contributed by atoms with E-state index in [0.29, 0.717) is 22.2 Å². The molecule has 3 rings (SSSR count). The van der Waals surface area contributed by atoms with Gasteiger partial charge >= 0.3 is 0 Å². The van der Waals surface area contributed by atoms with Gasteiger partial charge in [-0.25, -0.2) is 0 Å². The molecule has 2 saturated carbocycles. The largest absolute Gasteiger partial charge is 0.398 e. The van der Waals surface area contributed by atoms with E-state index in [9.17, 15) is 4.79 Å². The van der Waals surface area contributed by atoms with Gasteiger partial charge in [-0.15, -0.1) is 0 Å². The number of amides is 1. The molecule has 1 aromatic carbocycles. The molecule has 0 radical (unpaired) electrons. The Morgan fingerprint density at radius 3 is 2.80 bits per heavy atom. The third-order valence-electron chi connectivity index (χ3n) is 4.99. The number of fused-ring (bicyclic) bond motifs is 2. The molecular formula is C16H21ClN2O. The summed E-state index contributed by atoms with van der Waals surface area (Å²) in [5.41, 5.74) is 6.81. The normalized spacial score (nSPS) is 27.8. The van der Waals surface area contributed by atoms with Crippen LogP contribution >= 0.6 is 11.6 Å². The lowest BCUT2D eigenvalue weighted by Crippen LogP contribution is -2.33. The van der Waals surface area contributed by atoms with E-state index >= 15 is 0 Å². The Labute approximate surface area is 125 Å². The van der Waals surface area contributed by atoms with E-state index in [2.05, 4.69) is 0 Å². The number of benzene rings is 1. The number of hydrogen-bond acceptors (Lipinski definition) is 2. The molecule has 1 amide bonds. The average Bonchev–Trinajstić information content (AvgIpc) is 3.03. The zero-order valence-electron chi connectivity index (χ0n) is 11.8. The average molecular weight is 293 g/mol. The van der Waals surface area contributed by atoms with Gasteiger partial charge in [-0.1, -0.05) is 18.0 Å². The van der Waals surface area contributed by atoms with Gasteiger partial charge in [-0.3, -0.25) is 4.79 Å². The second-order valence-corrected chi connectivity index (χ2v) is 6.76. The second kappa shape index (κ2) is 5.28. The Hall–Kier alpha value is -1.22. The minimum absolute atomic E-state index is 0.0367. The van der Waals surface area contributed by atoms with Crippen LogP contribution in [0.2, 0.25) is 5.02 Å². The SMILES string of the molecule is CN(CC1CC2CCC1C2)C(=O)c1ccc(N)c(Cl)c1. The zero-order chi connectivity index (χ0) is 14.3. The first kappa shape index (κ1) is 13.7. The van der Waals surface area contributed by atoms with Crippen LogP contribution in [0.5, 0.6) is 0 Å². The predicted molar refractivity (Wildman–Crippen MR) is 81.8 cm³/mol. The summed E-state index contributed by atoms with van der Waals surface area (Å²) in [6, 6.07) is 5.11. The fourth-order valence-electron chi connectivity index (χ4n) is 3.92. The molecule has 4 heteroatoms. The summed E-state index contributed by atoms with van der Waals surface area (Å²) in [5, 5.41) is 0.448. The van der Waals surface area contributed by atoms with Crippen LogP contribution in [-0.4, -0.2) is 24.4 Å². The van der Waals surface area contributed by atoms with Crippen LogP contribution in [0, 0.1) is 17.8 Å². The number of rotatable bonds is 3. The first-order valence-electron chi connectivity index (χ1n) is 7.35. The maximum absolute atomic E-state index is 12.4. The summed E-state index contributed by atoms with van der Waals surface area (Å²) in [6.07, 6.45) is 5.42. The number of carbonyl (C=O) groups is 1. The first-order chi connectivity index (χ1) is 9.54. The molecule has 3 atom stereocenters. The van der Waals surface area contributed by atoms with E-state index in [1.165, 1.54) is 25.7 Å². The minimum atomic E-state index is 0.0367. The summed E-state index contributed by atoms with van der Waals surface area (Å²) in [7, 11) is 1.89. The topological polar surface area (TPSA) is 46.3 Å². The maximum atomic E-state index is 12.4. The lowest BCUT2D eigenvalue weighted by Gasteiger charge is -2.27. The number of nitrogens with zero attached hydrogens (tertiary/aromatic N) is 1. The predicted octanol–water partition coefficient (Wildman–Crippen LogP) is 3.43. The molecule has 2 bridgehead atoms. The zero-order valence-corrected chi connectivity index (χ0v) is 12.6. The molecule has 1 aromatic rings. The van der Waals surface area contributed by atoms with E-state index in [0.717, 1.165) is 18.4 Å². The second-order valence-electron chi connectivity index (χ2n) is 6.36. The minimum Gasteiger partial charge on any atom is -0.398 e. The maximum Gasteiger partial charge on any atom is 0.253 e. The Morgan fingerprint density at radius 2 is 2.20 bits per heavy atom. The van der Waals surface area contributed by atoms with E-state index in [-0.39, 0.29) is 5.91 Å². The van der Waals surface area contributed by atoms with Crippen molar-refractivity contribution in [3.63, 3.8) is 0 Å². The lowest BCUT2D eigenvalue weighted by molar-refractivity contribution is 0.0754. The van der Waals surface area contributed by atoms with Crippen LogP contribution in [0.15, 0.2) is 18.2 Å². The van der Waals surface area contributed by atoms with Crippen LogP contribution in [-0.2, 0) is 0 Å². The van der Waals surface area contributed by atoms with Crippen LogP contribution < -0.4 is 5.73 Å². The fourth-order valence-corrected chi connectivity index (χ4v) is 4.10. The molecule has 2 aliphatic carbocycles. The molecule has 108 valence electrons. The van der Waals surface area contributed by atoms with Crippen molar-refractivity contribution in [1.29, 1.82) is 0 Å². The van der Waals surface area contributed by atoms with Gasteiger partial charge < -0.3 is 10.6 Å². The van der Waals surface area contributed by atoms with Crippen molar-refractivity contribution < 1.29 is 4.79 Å². The van der Waals surface area contributed by atoms with Gasteiger partial charge in [0, 0.05) is 19.2 Å². The van der Waals surface area contributed by atoms with Gasteiger partial charge in [0.05, 0.1) is 10.7 Å². The Bertz CT molecular complexity index is 531. The Balaban J connectivity index is 1.65. The first-order valence-corrected chi connectivity index (χ1v) is 7.73. The summed E-state index contributed by atoms with van der Waals surface area (Å²) < 4.78 is 0.